The van der Waals surface area contributed by atoms with Gasteiger partial charge in [-0.3, -0.25) is 0 Å². The van der Waals surface area contributed by atoms with Gasteiger partial charge in [-0.05, 0) is 24.3 Å². The monoisotopic (exact) mass is 324 g/mol. The third kappa shape index (κ3) is 2.38. The molecule has 0 saturated carbocycles. The van der Waals surface area contributed by atoms with Crippen LogP contribution in [0.15, 0.2) is 42.7 Å². The van der Waals surface area contributed by atoms with Crippen molar-refractivity contribution in [1.82, 2.24) is 9.97 Å². The van der Waals surface area contributed by atoms with Gasteiger partial charge in [0.1, 0.15) is 24.0 Å². The van der Waals surface area contributed by atoms with Crippen molar-refractivity contribution in [3.05, 3.63) is 42.7 Å². The van der Waals surface area contributed by atoms with Crippen LogP contribution < -0.4 is 31.6 Å². The Balaban J connectivity index is 1.78. The van der Waals surface area contributed by atoms with E-state index in [1.165, 1.54) is 6.33 Å². The Morgan fingerprint density at radius 3 is 2.92 bits per heavy atom. The lowest BCUT2D eigenvalue weighted by Crippen LogP contribution is -2.35. The van der Waals surface area contributed by atoms with Gasteiger partial charge in [-0.1, -0.05) is 12.1 Å². The molecule has 0 bridgehead atoms. The van der Waals surface area contributed by atoms with Gasteiger partial charge in [-0.15, -0.1) is 5.17 Å². The number of rotatable bonds is 3. The minimum Gasteiger partial charge on any atom is -0.489 e. The number of fused-ring (bicyclic) bond motifs is 3. The molecule has 0 fully saturated rings. The summed E-state index contributed by atoms with van der Waals surface area (Å²) in [5.74, 6) is 6.96. The lowest BCUT2D eigenvalue weighted by atomic mass is 10.1. The van der Waals surface area contributed by atoms with Crippen LogP contribution >= 0.6 is 0 Å². The number of anilines is 3. The van der Waals surface area contributed by atoms with Crippen molar-refractivity contribution < 1.29 is 9.57 Å². The van der Waals surface area contributed by atoms with E-state index in [4.69, 9.17) is 21.2 Å². The quantitative estimate of drug-likeness (QED) is 0.379. The fraction of sp³-hybridized carbons (Fsp3) is 0.125. The van der Waals surface area contributed by atoms with Crippen molar-refractivity contribution in [3.8, 4) is 11.6 Å². The number of aromatic nitrogens is 2. The lowest BCUT2D eigenvalue weighted by molar-refractivity contribution is 0.273. The van der Waals surface area contributed by atoms with E-state index >= 15 is 0 Å². The second-order valence-corrected chi connectivity index (χ2v) is 5.27. The predicted octanol–water partition coefficient (Wildman–Crippen LogP) is 1.69. The first-order valence-electron chi connectivity index (χ1n) is 7.46. The number of nitrogen functional groups attached to an aromatic ring is 1. The number of nitrogens with zero attached hydrogens (tertiary/aromatic N) is 3. The van der Waals surface area contributed by atoms with Gasteiger partial charge < -0.3 is 20.6 Å². The number of hydrogen-bond acceptors (Lipinski definition) is 8. The molecule has 8 heteroatoms. The molecule has 4 rings (SSSR count). The molecule has 1 aliphatic heterocycles. The highest BCUT2D eigenvalue weighted by Crippen LogP contribution is 2.39. The highest BCUT2D eigenvalue weighted by atomic mass is 16.7. The molecule has 0 saturated heterocycles. The summed E-state index contributed by atoms with van der Waals surface area (Å²) >= 11 is 0. The van der Waals surface area contributed by atoms with Gasteiger partial charge in [0, 0.05) is 6.54 Å². The molecule has 0 atom stereocenters. The molecule has 1 aromatic heterocycles. The fourth-order valence-electron chi connectivity index (χ4n) is 2.62. The molecular formula is C16H16N6O2. The molecule has 0 radical (unpaired) electrons. The van der Waals surface area contributed by atoms with Gasteiger partial charge >= 0.3 is 0 Å². The zero-order chi connectivity index (χ0) is 16.5. The maximum atomic E-state index is 6.01. The van der Waals surface area contributed by atoms with Gasteiger partial charge in [0.2, 0.25) is 0 Å². The Kier molecular flexibility index (Phi) is 3.43. The van der Waals surface area contributed by atoms with Crippen molar-refractivity contribution in [2.75, 3.05) is 29.4 Å². The summed E-state index contributed by atoms with van der Waals surface area (Å²) in [7, 11) is 0. The number of hydrazine groups is 1. The molecule has 5 N–H and O–H groups in total. The van der Waals surface area contributed by atoms with E-state index in [0.717, 1.165) is 17.4 Å². The summed E-state index contributed by atoms with van der Waals surface area (Å²) in [5, 5.41) is 5.02. The fourth-order valence-corrected chi connectivity index (χ4v) is 2.62. The summed E-state index contributed by atoms with van der Waals surface area (Å²) in [6, 6.07) is 10.9. The Labute approximate surface area is 137 Å². The topological polar surface area (TPSA) is 112 Å². The first kappa shape index (κ1) is 14.3. The van der Waals surface area contributed by atoms with Crippen LogP contribution in [0.5, 0.6) is 11.6 Å². The maximum Gasteiger partial charge on any atom is 0.262 e. The second kappa shape index (κ2) is 5.74. The average molecular weight is 324 g/mol. The SMILES string of the molecule is Nc1ccccc1N(N)Oc1ncnc2ccc3c(c12)OCCN3. The van der Waals surface area contributed by atoms with Gasteiger partial charge in [0.15, 0.2) is 5.75 Å². The van der Waals surface area contributed by atoms with E-state index in [1.807, 2.05) is 24.3 Å². The van der Waals surface area contributed by atoms with Gasteiger partial charge in [-0.2, -0.15) is 4.98 Å². The van der Waals surface area contributed by atoms with Crippen LogP contribution in [0.1, 0.15) is 0 Å². The zero-order valence-corrected chi connectivity index (χ0v) is 12.8. The number of nitrogens with one attached hydrogen (secondary N) is 1. The molecule has 0 spiro atoms. The van der Waals surface area contributed by atoms with Crippen molar-refractivity contribution in [3.63, 3.8) is 0 Å². The van der Waals surface area contributed by atoms with E-state index in [0.29, 0.717) is 40.5 Å². The maximum absolute atomic E-state index is 6.01. The molecule has 122 valence electrons. The van der Waals surface area contributed by atoms with Gasteiger partial charge in [-0.25, -0.2) is 10.8 Å². The van der Waals surface area contributed by atoms with Crippen LogP contribution in [0, 0.1) is 0 Å². The van der Waals surface area contributed by atoms with E-state index < -0.39 is 0 Å². The molecule has 0 unspecified atom stereocenters. The summed E-state index contributed by atoms with van der Waals surface area (Å²) in [6.45, 7) is 1.30. The van der Waals surface area contributed by atoms with Gasteiger partial charge in [0.25, 0.3) is 5.88 Å². The molecular weight excluding hydrogens is 308 g/mol. The highest BCUT2D eigenvalue weighted by molar-refractivity contribution is 5.95. The predicted molar refractivity (Wildman–Crippen MR) is 91.7 cm³/mol. The lowest BCUT2D eigenvalue weighted by Gasteiger charge is -2.23. The minimum absolute atomic E-state index is 0.298. The number of hydrogen-bond donors (Lipinski definition) is 3. The molecule has 0 amide bonds. The molecule has 2 aromatic carbocycles. The Morgan fingerprint density at radius 2 is 2.04 bits per heavy atom. The summed E-state index contributed by atoms with van der Waals surface area (Å²) in [4.78, 5) is 14.2. The Morgan fingerprint density at radius 1 is 1.17 bits per heavy atom. The summed E-state index contributed by atoms with van der Waals surface area (Å²) in [5.41, 5.74) is 8.54. The molecule has 0 aliphatic carbocycles. The molecule has 2 heterocycles. The number of benzene rings is 2. The normalized spacial score (nSPS) is 12.9. The van der Waals surface area contributed by atoms with Gasteiger partial charge in [0.05, 0.1) is 16.9 Å². The Hall–Kier alpha value is -3.26. The van der Waals surface area contributed by atoms with Crippen LogP contribution in [-0.4, -0.2) is 23.1 Å². The first-order chi connectivity index (χ1) is 11.7. The van der Waals surface area contributed by atoms with Crippen LogP contribution in [0.4, 0.5) is 17.1 Å². The van der Waals surface area contributed by atoms with E-state index in [1.54, 1.807) is 12.1 Å². The van der Waals surface area contributed by atoms with Crippen molar-refractivity contribution in [2.24, 2.45) is 5.84 Å². The standard InChI is InChI=1S/C16H16N6O2/c17-10-3-1-2-4-13(10)22(18)24-16-14-11(20-9-21-16)5-6-12-15(14)23-8-7-19-12/h1-6,9,19H,7-8,17-18H2. The molecule has 24 heavy (non-hydrogen) atoms. The van der Waals surface area contributed by atoms with Crippen LogP contribution in [0.25, 0.3) is 10.9 Å². The van der Waals surface area contributed by atoms with Crippen molar-refractivity contribution in [1.29, 1.82) is 0 Å². The largest absolute Gasteiger partial charge is 0.489 e. The summed E-state index contributed by atoms with van der Waals surface area (Å²) in [6.07, 6.45) is 1.42. The molecule has 8 nitrogen and oxygen atoms in total. The third-order valence-electron chi connectivity index (χ3n) is 3.74. The van der Waals surface area contributed by atoms with E-state index in [-0.39, 0.29) is 0 Å². The second-order valence-electron chi connectivity index (χ2n) is 5.27. The number of ether oxygens (including phenoxy) is 1. The van der Waals surface area contributed by atoms with Crippen LogP contribution in [-0.2, 0) is 0 Å². The third-order valence-corrected chi connectivity index (χ3v) is 3.74. The zero-order valence-electron chi connectivity index (χ0n) is 12.8. The molecule has 3 aromatic rings. The van der Waals surface area contributed by atoms with Crippen LogP contribution in [0.2, 0.25) is 0 Å². The Bertz CT molecular complexity index is 901. The average Bonchev–Trinajstić information content (AvgIpc) is 2.62. The van der Waals surface area contributed by atoms with E-state index in [9.17, 15) is 0 Å². The van der Waals surface area contributed by atoms with Crippen molar-refractivity contribution >= 4 is 28.0 Å². The smallest absolute Gasteiger partial charge is 0.262 e. The van der Waals surface area contributed by atoms with E-state index in [2.05, 4.69) is 15.3 Å². The first-order valence-corrected chi connectivity index (χ1v) is 7.46. The summed E-state index contributed by atoms with van der Waals surface area (Å²) < 4.78 is 5.78. The minimum atomic E-state index is 0.298. The highest BCUT2D eigenvalue weighted by Gasteiger charge is 2.20. The number of nitrogens with two attached hydrogens (primary N) is 2. The molecule has 1 aliphatic rings. The van der Waals surface area contributed by atoms with Crippen LogP contribution in [0.3, 0.4) is 0 Å². The van der Waals surface area contributed by atoms with Crippen molar-refractivity contribution in [2.45, 2.75) is 0 Å². The number of para-hydroxylation sites is 2.